The van der Waals surface area contributed by atoms with Gasteiger partial charge in [-0.3, -0.25) is 4.79 Å². The molecule has 0 radical (unpaired) electrons. The van der Waals surface area contributed by atoms with E-state index in [1.807, 2.05) is 48.7 Å². The highest BCUT2D eigenvalue weighted by molar-refractivity contribution is 7.98. The number of carbonyl (C=O) groups excluding carboxylic acids is 1. The zero-order chi connectivity index (χ0) is 22.2. The number of benzene rings is 2. The molecule has 164 valence electrons. The predicted molar refractivity (Wildman–Crippen MR) is 131 cm³/mol. The second kappa shape index (κ2) is 11.3. The lowest BCUT2D eigenvalue weighted by Gasteiger charge is -2.18. The molecule has 0 aromatic heterocycles. The maximum absolute atomic E-state index is 13.0. The molecule has 1 fully saturated rings. The highest BCUT2D eigenvalue weighted by atomic mass is 32.2. The Hall–Kier alpha value is -2.42. The van der Waals surface area contributed by atoms with E-state index in [2.05, 4.69) is 16.0 Å². The van der Waals surface area contributed by atoms with Gasteiger partial charge >= 0.3 is 5.97 Å². The molecule has 1 aliphatic rings. The van der Waals surface area contributed by atoms with Gasteiger partial charge in [-0.15, -0.1) is 0 Å². The summed E-state index contributed by atoms with van der Waals surface area (Å²) in [6.07, 6.45) is 3.16. The molecule has 31 heavy (non-hydrogen) atoms. The Labute approximate surface area is 192 Å². The fraction of sp³-hybridized carbons (Fsp3) is 0.348. The van der Waals surface area contributed by atoms with E-state index < -0.39 is 12.0 Å². The van der Waals surface area contributed by atoms with Crippen LogP contribution >= 0.6 is 24.0 Å². The van der Waals surface area contributed by atoms with Crippen LogP contribution in [-0.4, -0.2) is 59.0 Å². The largest absolute Gasteiger partial charge is 0.480 e. The fourth-order valence-electron chi connectivity index (χ4n) is 3.50. The minimum Gasteiger partial charge on any atom is -0.480 e. The summed E-state index contributed by atoms with van der Waals surface area (Å²) in [6, 6.07) is 14.6. The van der Waals surface area contributed by atoms with Crippen molar-refractivity contribution in [3.8, 4) is 11.1 Å². The molecule has 2 atom stereocenters. The van der Waals surface area contributed by atoms with E-state index in [1.165, 1.54) is 0 Å². The zero-order valence-electron chi connectivity index (χ0n) is 17.4. The van der Waals surface area contributed by atoms with Crippen LogP contribution in [0, 0.1) is 0 Å². The molecular formula is C23H27N3O3S2. The maximum Gasteiger partial charge on any atom is 0.326 e. The molecule has 6 nitrogen and oxygen atoms in total. The molecule has 1 unspecified atom stereocenters. The number of thiocarbonyl (C=S) groups is 1. The minimum absolute atomic E-state index is 0.295. The highest BCUT2D eigenvalue weighted by Gasteiger charge is 2.23. The summed E-state index contributed by atoms with van der Waals surface area (Å²) in [4.78, 5) is 25.6. The number of thioether (sulfide) groups is 1. The van der Waals surface area contributed by atoms with Gasteiger partial charge in [0.2, 0.25) is 0 Å². The first-order valence-electron chi connectivity index (χ1n) is 10.2. The number of hydrogen-bond acceptors (Lipinski definition) is 6. The summed E-state index contributed by atoms with van der Waals surface area (Å²) in [5.41, 5.74) is 3.00. The number of carboxylic acid groups (broad SMARTS) is 1. The summed E-state index contributed by atoms with van der Waals surface area (Å²) in [7, 11) is 0. The number of rotatable bonds is 10. The normalized spacial score (nSPS) is 16.7. The van der Waals surface area contributed by atoms with Crippen molar-refractivity contribution >= 4 is 46.4 Å². The maximum atomic E-state index is 13.0. The highest BCUT2D eigenvalue weighted by Crippen LogP contribution is 2.27. The fourth-order valence-corrected chi connectivity index (χ4v) is 4.26. The Balaban J connectivity index is 1.82. The van der Waals surface area contributed by atoms with Gasteiger partial charge in [0.25, 0.3) is 5.91 Å². The second-order valence-corrected chi connectivity index (χ2v) is 9.04. The number of carbonyl (C=O) groups is 2. The van der Waals surface area contributed by atoms with Crippen molar-refractivity contribution in [3.05, 3.63) is 54.1 Å². The van der Waals surface area contributed by atoms with Crippen LogP contribution in [0.5, 0.6) is 0 Å². The number of amides is 1. The van der Waals surface area contributed by atoms with E-state index in [-0.39, 0.29) is 5.91 Å². The SMILES string of the molecule is CSCC[C@H](NC(=O)c1ccc(NCC2CC(=S)CN2)cc1-c1ccccc1)C(=O)O. The smallest absolute Gasteiger partial charge is 0.326 e. The van der Waals surface area contributed by atoms with Crippen LogP contribution in [0.3, 0.4) is 0 Å². The first-order chi connectivity index (χ1) is 15.0. The Morgan fingerprint density at radius 2 is 2.03 bits per heavy atom. The minimum atomic E-state index is -1.02. The van der Waals surface area contributed by atoms with E-state index in [0.29, 0.717) is 23.8 Å². The average molecular weight is 458 g/mol. The van der Waals surface area contributed by atoms with Gasteiger partial charge in [0.15, 0.2) is 0 Å². The lowest BCUT2D eigenvalue weighted by Crippen LogP contribution is -2.41. The van der Waals surface area contributed by atoms with Crippen molar-refractivity contribution in [2.45, 2.75) is 24.9 Å². The summed E-state index contributed by atoms with van der Waals surface area (Å²) < 4.78 is 0. The van der Waals surface area contributed by atoms with Gasteiger partial charge in [-0.05, 0) is 54.2 Å². The zero-order valence-corrected chi connectivity index (χ0v) is 19.0. The monoisotopic (exact) mass is 457 g/mol. The molecule has 8 heteroatoms. The van der Waals surface area contributed by atoms with Crippen LogP contribution in [0.25, 0.3) is 11.1 Å². The van der Waals surface area contributed by atoms with Crippen molar-refractivity contribution in [3.63, 3.8) is 0 Å². The van der Waals surface area contributed by atoms with Gasteiger partial charge in [0, 0.05) is 35.2 Å². The molecule has 1 heterocycles. The van der Waals surface area contributed by atoms with Crippen molar-refractivity contribution in [2.24, 2.45) is 0 Å². The van der Waals surface area contributed by atoms with Crippen LogP contribution < -0.4 is 16.0 Å². The molecule has 0 aliphatic carbocycles. The Morgan fingerprint density at radius 3 is 2.68 bits per heavy atom. The Morgan fingerprint density at radius 1 is 1.26 bits per heavy atom. The van der Waals surface area contributed by atoms with E-state index in [4.69, 9.17) is 12.2 Å². The summed E-state index contributed by atoms with van der Waals surface area (Å²) in [5.74, 6) is -0.754. The number of carboxylic acids is 1. The van der Waals surface area contributed by atoms with Gasteiger partial charge in [0.05, 0.1) is 0 Å². The molecule has 0 bridgehead atoms. The lowest BCUT2D eigenvalue weighted by atomic mass is 9.98. The van der Waals surface area contributed by atoms with Crippen molar-refractivity contribution in [2.75, 3.05) is 30.4 Å². The molecule has 3 rings (SSSR count). The van der Waals surface area contributed by atoms with Crippen LogP contribution in [0.1, 0.15) is 23.2 Å². The molecular weight excluding hydrogens is 430 g/mol. The van der Waals surface area contributed by atoms with Crippen molar-refractivity contribution in [1.29, 1.82) is 0 Å². The molecule has 2 aromatic rings. The standard InChI is InChI=1S/C23H27N3O3S2/c1-31-10-9-21(23(28)29)26-22(27)19-8-7-16(24-13-17-11-18(30)14-25-17)12-20(19)15-5-3-2-4-6-15/h2-8,12,17,21,24-25H,9-11,13-14H2,1H3,(H,26,27)(H,28,29)/t17?,21-/m0/s1. The Bertz CT molecular complexity index is 937. The molecule has 1 aliphatic heterocycles. The van der Waals surface area contributed by atoms with Crippen LogP contribution in [-0.2, 0) is 4.79 Å². The van der Waals surface area contributed by atoms with Crippen LogP contribution in [0.4, 0.5) is 5.69 Å². The van der Waals surface area contributed by atoms with Gasteiger partial charge < -0.3 is 21.1 Å². The molecule has 2 aromatic carbocycles. The predicted octanol–water partition coefficient (Wildman–Crippen LogP) is 3.43. The van der Waals surface area contributed by atoms with Gasteiger partial charge in [0.1, 0.15) is 6.04 Å². The number of hydrogen-bond donors (Lipinski definition) is 4. The summed E-state index contributed by atoms with van der Waals surface area (Å²) in [5, 5.41) is 18.9. The number of anilines is 1. The first-order valence-corrected chi connectivity index (χ1v) is 12.0. The summed E-state index contributed by atoms with van der Waals surface area (Å²) >= 11 is 6.81. The third kappa shape index (κ3) is 6.53. The van der Waals surface area contributed by atoms with E-state index >= 15 is 0 Å². The third-order valence-electron chi connectivity index (χ3n) is 5.18. The lowest BCUT2D eigenvalue weighted by molar-refractivity contribution is -0.139. The van der Waals surface area contributed by atoms with E-state index in [9.17, 15) is 14.7 Å². The molecule has 0 spiro atoms. The Kier molecular flexibility index (Phi) is 8.45. The topological polar surface area (TPSA) is 90.5 Å². The number of aliphatic carboxylic acids is 1. The second-order valence-electron chi connectivity index (χ2n) is 7.47. The average Bonchev–Trinajstić information content (AvgIpc) is 3.20. The quantitative estimate of drug-likeness (QED) is 0.406. The number of nitrogens with one attached hydrogen (secondary N) is 3. The van der Waals surface area contributed by atoms with E-state index in [1.54, 1.807) is 17.8 Å². The van der Waals surface area contributed by atoms with E-state index in [0.717, 1.165) is 41.2 Å². The van der Waals surface area contributed by atoms with Gasteiger partial charge in [-0.1, -0.05) is 42.5 Å². The van der Waals surface area contributed by atoms with Crippen LogP contribution in [0.2, 0.25) is 0 Å². The summed E-state index contributed by atoms with van der Waals surface area (Å²) in [6.45, 7) is 1.51. The third-order valence-corrected chi connectivity index (χ3v) is 6.13. The molecule has 1 saturated heterocycles. The van der Waals surface area contributed by atoms with Gasteiger partial charge in [-0.2, -0.15) is 11.8 Å². The van der Waals surface area contributed by atoms with Crippen molar-refractivity contribution in [1.82, 2.24) is 10.6 Å². The molecule has 0 saturated carbocycles. The molecule has 1 amide bonds. The first kappa shape index (κ1) is 23.2. The van der Waals surface area contributed by atoms with Gasteiger partial charge in [-0.25, -0.2) is 4.79 Å². The van der Waals surface area contributed by atoms with Crippen LogP contribution in [0.15, 0.2) is 48.5 Å². The molecule has 4 N–H and O–H groups in total. The van der Waals surface area contributed by atoms with Crippen molar-refractivity contribution < 1.29 is 14.7 Å².